The second kappa shape index (κ2) is 9.06. The maximum Gasteiger partial charge on any atom is 0.191 e. The predicted octanol–water partition coefficient (Wildman–Crippen LogP) is 4.44. The second-order valence-electron chi connectivity index (χ2n) is 6.24. The molecule has 0 bridgehead atoms. The Labute approximate surface area is 170 Å². The van der Waals surface area contributed by atoms with Gasteiger partial charge in [-0.15, -0.1) is 0 Å². The molecule has 2 N–H and O–H groups in total. The Hall–Kier alpha value is -2.31. The van der Waals surface area contributed by atoms with E-state index in [1.165, 1.54) is 17.7 Å². The number of thiocarbonyl (C=S) groups is 1. The van der Waals surface area contributed by atoms with Gasteiger partial charge >= 0.3 is 0 Å². The van der Waals surface area contributed by atoms with Crippen LogP contribution in [0.15, 0.2) is 41.5 Å². The molecule has 0 unspecified atom stereocenters. The Kier molecular flexibility index (Phi) is 6.53. The lowest BCUT2D eigenvalue weighted by Crippen LogP contribution is -2.28. The third-order valence-electron chi connectivity index (χ3n) is 4.49. The molecule has 1 aliphatic rings. The standard InChI is InChI=1S/C20H23ClN4OS/c1-3-25-10-4-5-15-11-14(6-8-18(15)25)13-22-24-20(27)23-16-7-9-19(26-2)17(21)12-16/h6-9,11-13H,3-5,10H2,1-2H3,(H2,23,24,27)/b22-13+. The highest BCUT2D eigenvalue weighted by atomic mass is 35.5. The molecule has 2 aromatic rings. The van der Waals surface area contributed by atoms with Gasteiger partial charge in [0.1, 0.15) is 5.75 Å². The van der Waals surface area contributed by atoms with Crippen molar-refractivity contribution in [1.82, 2.24) is 5.43 Å². The molecular formula is C20H23ClN4OS. The summed E-state index contributed by atoms with van der Waals surface area (Å²) in [5.41, 5.74) is 7.36. The van der Waals surface area contributed by atoms with Crippen LogP contribution < -0.4 is 20.4 Å². The number of hydrogen-bond donors (Lipinski definition) is 2. The summed E-state index contributed by atoms with van der Waals surface area (Å²) in [5, 5.41) is 8.18. The van der Waals surface area contributed by atoms with Gasteiger partial charge in [0.15, 0.2) is 5.11 Å². The number of anilines is 2. The average molecular weight is 403 g/mol. The van der Waals surface area contributed by atoms with E-state index in [2.05, 4.69) is 45.9 Å². The van der Waals surface area contributed by atoms with Gasteiger partial charge in [0.05, 0.1) is 18.3 Å². The van der Waals surface area contributed by atoms with E-state index in [4.69, 9.17) is 28.6 Å². The Morgan fingerprint density at radius 3 is 2.93 bits per heavy atom. The number of methoxy groups -OCH3 is 1. The van der Waals surface area contributed by atoms with Crippen molar-refractivity contribution in [3.63, 3.8) is 0 Å². The van der Waals surface area contributed by atoms with E-state index >= 15 is 0 Å². The highest BCUT2D eigenvalue weighted by Gasteiger charge is 2.15. The zero-order chi connectivity index (χ0) is 19.2. The van der Waals surface area contributed by atoms with Crippen molar-refractivity contribution >= 4 is 46.5 Å². The highest BCUT2D eigenvalue weighted by molar-refractivity contribution is 7.80. The molecule has 5 nitrogen and oxygen atoms in total. The van der Waals surface area contributed by atoms with Crippen molar-refractivity contribution < 1.29 is 4.74 Å². The van der Waals surface area contributed by atoms with Crippen molar-refractivity contribution in [2.75, 3.05) is 30.4 Å². The monoisotopic (exact) mass is 402 g/mol. The lowest BCUT2D eigenvalue weighted by Gasteiger charge is -2.30. The minimum Gasteiger partial charge on any atom is -0.495 e. The maximum atomic E-state index is 6.11. The normalized spacial score (nSPS) is 13.4. The van der Waals surface area contributed by atoms with E-state index in [9.17, 15) is 0 Å². The number of nitrogens with one attached hydrogen (secondary N) is 2. The highest BCUT2D eigenvalue weighted by Crippen LogP contribution is 2.28. The van der Waals surface area contributed by atoms with Gasteiger partial charge in [-0.25, -0.2) is 0 Å². The molecule has 27 heavy (non-hydrogen) atoms. The molecule has 0 saturated heterocycles. The first-order valence-corrected chi connectivity index (χ1v) is 9.70. The molecule has 1 aliphatic heterocycles. The zero-order valence-electron chi connectivity index (χ0n) is 15.5. The Morgan fingerprint density at radius 2 is 2.19 bits per heavy atom. The van der Waals surface area contributed by atoms with Crippen LogP contribution in [0.25, 0.3) is 0 Å². The average Bonchev–Trinajstić information content (AvgIpc) is 2.67. The van der Waals surface area contributed by atoms with Gasteiger partial charge in [-0.2, -0.15) is 5.10 Å². The van der Waals surface area contributed by atoms with Gasteiger partial charge in [-0.1, -0.05) is 17.7 Å². The van der Waals surface area contributed by atoms with Crippen LogP contribution in [0.3, 0.4) is 0 Å². The molecule has 0 spiro atoms. The molecule has 3 rings (SSSR count). The molecule has 0 aromatic heterocycles. The quantitative estimate of drug-likeness (QED) is 0.440. The van der Waals surface area contributed by atoms with Crippen molar-refractivity contribution in [1.29, 1.82) is 0 Å². The molecule has 0 radical (unpaired) electrons. The smallest absolute Gasteiger partial charge is 0.191 e. The van der Waals surface area contributed by atoms with Gasteiger partial charge in [0, 0.05) is 24.5 Å². The van der Waals surface area contributed by atoms with Crippen LogP contribution in [0.2, 0.25) is 5.02 Å². The van der Waals surface area contributed by atoms with Crippen LogP contribution in [0, 0.1) is 0 Å². The van der Waals surface area contributed by atoms with E-state index in [0.29, 0.717) is 15.9 Å². The van der Waals surface area contributed by atoms with Gasteiger partial charge in [0.25, 0.3) is 0 Å². The summed E-state index contributed by atoms with van der Waals surface area (Å²) in [5.74, 6) is 0.619. The number of nitrogens with zero attached hydrogens (tertiary/aromatic N) is 2. The van der Waals surface area contributed by atoms with Gasteiger partial charge in [-0.05, 0) is 73.4 Å². The predicted molar refractivity (Wildman–Crippen MR) is 118 cm³/mol. The van der Waals surface area contributed by atoms with Gasteiger partial charge in [0.2, 0.25) is 0 Å². The second-order valence-corrected chi connectivity index (χ2v) is 7.06. The maximum absolute atomic E-state index is 6.11. The number of hydrogen-bond acceptors (Lipinski definition) is 4. The fourth-order valence-corrected chi connectivity index (χ4v) is 3.60. The van der Waals surface area contributed by atoms with Gasteiger partial charge < -0.3 is 15.0 Å². The number of halogens is 1. The SMILES string of the molecule is CCN1CCCc2cc(/C=N/NC(=S)Nc3ccc(OC)c(Cl)c3)ccc21. The molecule has 0 saturated carbocycles. The molecule has 2 aromatic carbocycles. The number of aryl methyl sites for hydroxylation is 1. The molecule has 0 atom stereocenters. The van der Waals surface area contributed by atoms with E-state index < -0.39 is 0 Å². The van der Waals surface area contributed by atoms with Crippen LogP contribution in [-0.2, 0) is 6.42 Å². The van der Waals surface area contributed by atoms with Crippen LogP contribution >= 0.6 is 23.8 Å². The third-order valence-corrected chi connectivity index (χ3v) is 4.98. The van der Waals surface area contributed by atoms with Crippen molar-refractivity contribution in [2.45, 2.75) is 19.8 Å². The largest absolute Gasteiger partial charge is 0.495 e. The number of rotatable bonds is 5. The number of hydrazone groups is 1. The summed E-state index contributed by atoms with van der Waals surface area (Å²) in [7, 11) is 1.58. The van der Waals surface area contributed by atoms with Crippen LogP contribution in [-0.4, -0.2) is 31.5 Å². The summed E-state index contributed by atoms with van der Waals surface area (Å²) in [6.07, 6.45) is 4.08. The van der Waals surface area contributed by atoms with Crippen molar-refractivity contribution in [3.05, 3.63) is 52.5 Å². The summed E-state index contributed by atoms with van der Waals surface area (Å²) in [6, 6.07) is 11.8. The fourth-order valence-electron chi connectivity index (χ4n) is 3.17. The minimum absolute atomic E-state index is 0.391. The lowest BCUT2D eigenvalue weighted by atomic mass is 9.99. The Morgan fingerprint density at radius 1 is 1.33 bits per heavy atom. The minimum atomic E-state index is 0.391. The van der Waals surface area contributed by atoms with Crippen molar-refractivity contribution in [3.8, 4) is 5.75 Å². The fraction of sp³-hybridized carbons (Fsp3) is 0.300. The number of benzene rings is 2. The summed E-state index contributed by atoms with van der Waals surface area (Å²) in [6.45, 7) is 4.36. The summed E-state index contributed by atoms with van der Waals surface area (Å²) < 4.78 is 5.14. The molecule has 1 heterocycles. The molecule has 0 fully saturated rings. The number of fused-ring (bicyclic) bond motifs is 1. The first-order valence-electron chi connectivity index (χ1n) is 8.92. The molecule has 0 aliphatic carbocycles. The number of ether oxygens (including phenoxy) is 1. The van der Waals surface area contributed by atoms with Crippen LogP contribution in [0.1, 0.15) is 24.5 Å². The summed E-state index contributed by atoms with van der Waals surface area (Å²) in [4.78, 5) is 2.41. The van der Waals surface area contributed by atoms with Crippen molar-refractivity contribution in [2.24, 2.45) is 5.10 Å². The van der Waals surface area contributed by atoms with Gasteiger partial charge in [-0.3, -0.25) is 5.43 Å². The zero-order valence-corrected chi connectivity index (χ0v) is 17.0. The Balaban J connectivity index is 1.59. The lowest BCUT2D eigenvalue weighted by molar-refractivity contribution is 0.415. The Bertz CT molecular complexity index is 856. The van der Waals surface area contributed by atoms with E-state index in [0.717, 1.165) is 30.8 Å². The van der Waals surface area contributed by atoms with E-state index in [-0.39, 0.29) is 0 Å². The molecule has 7 heteroatoms. The van der Waals surface area contributed by atoms with Crippen LogP contribution in [0.5, 0.6) is 5.75 Å². The summed E-state index contributed by atoms with van der Waals surface area (Å²) >= 11 is 11.4. The first-order chi connectivity index (χ1) is 13.1. The molecule has 142 valence electrons. The topological polar surface area (TPSA) is 48.9 Å². The third kappa shape index (κ3) is 4.90. The molecule has 0 amide bonds. The molecular weight excluding hydrogens is 380 g/mol. The van der Waals surface area contributed by atoms with Crippen LogP contribution in [0.4, 0.5) is 11.4 Å². The van der Waals surface area contributed by atoms with E-state index in [1.807, 2.05) is 6.07 Å². The first kappa shape index (κ1) is 19.5. The van der Waals surface area contributed by atoms with E-state index in [1.54, 1.807) is 25.5 Å².